The molecule has 0 saturated carbocycles. The fourth-order valence-corrected chi connectivity index (χ4v) is 6.25. The average molecular weight is 524 g/mol. The molecular weight excluding hydrogens is 482 g/mol. The van der Waals surface area contributed by atoms with Gasteiger partial charge in [-0.2, -0.15) is 9.97 Å². The van der Waals surface area contributed by atoms with Gasteiger partial charge in [0, 0.05) is 12.5 Å². The maximum atomic E-state index is 7.00. The van der Waals surface area contributed by atoms with Crippen LogP contribution in [0.4, 0.5) is 5.95 Å². The maximum Gasteiger partial charge on any atom is 0.223 e. The van der Waals surface area contributed by atoms with Gasteiger partial charge in [0.2, 0.25) is 5.95 Å². The van der Waals surface area contributed by atoms with Gasteiger partial charge in [-0.1, -0.05) is 65.3 Å². The predicted octanol–water partition coefficient (Wildman–Crippen LogP) is 6.59. The number of hydrogen-bond acceptors (Lipinski definition) is 6. The van der Waals surface area contributed by atoms with E-state index in [1.165, 1.54) is 0 Å². The molecule has 2 N–H and O–H groups in total. The van der Waals surface area contributed by atoms with E-state index in [-0.39, 0.29) is 39.2 Å². The lowest BCUT2D eigenvalue weighted by Gasteiger charge is -2.44. The topological polar surface area (TPSA) is 88.1 Å². The first-order valence-electron chi connectivity index (χ1n) is 12.1. The Balaban J connectivity index is 1.93. The zero-order valence-electron chi connectivity index (χ0n) is 22.4. The van der Waals surface area contributed by atoms with Gasteiger partial charge in [0.15, 0.2) is 27.4 Å². The largest absolute Gasteiger partial charge is 0.416 e. The van der Waals surface area contributed by atoms with Crippen LogP contribution in [0.5, 0.6) is 0 Å². The molecular formula is C24H42ClN5O2Si2. The van der Waals surface area contributed by atoms with E-state index in [4.69, 9.17) is 26.2 Å². The molecule has 0 amide bonds. The number of nitrogens with two attached hydrogens (primary N) is 1. The van der Waals surface area contributed by atoms with E-state index >= 15 is 0 Å². The Morgan fingerprint density at radius 3 is 2.24 bits per heavy atom. The number of aromatic nitrogens is 4. The van der Waals surface area contributed by atoms with Crippen molar-refractivity contribution < 1.29 is 8.85 Å². The van der Waals surface area contributed by atoms with Crippen molar-refractivity contribution in [3.8, 4) is 0 Å². The van der Waals surface area contributed by atoms with Gasteiger partial charge in [-0.25, -0.2) is 4.98 Å². The van der Waals surface area contributed by atoms with Gasteiger partial charge in [0.1, 0.15) is 5.52 Å². The highest BCUT2D eigenvalue weighted by Crippen LogP contribution is 2.42. The SMILES string of the molecule is CC(C)(C)[Si](C)(C)OC[C@@H]1C=CC(n2cnc3c(Cl)nc(N)nc32)C[C@H]1O[Si](C)(C)C(C)(C)C. The number of anilines is 1. The van der Waals surface area contributed by atoms with Crippen LogP contribution in [0.15, 0.2) is 18.5 Å². The fraction of sp³-hybridized carbons (Fsp3) is 0.708. The van der Waals surface area contributed by atoms with E-state index < -0.39 is 16.6 Å². The van der Waals surface area contributed by atoms with Crippen molar-refractivity contribution in [1.29, 1.82) is 0 Å². The molecule has 0 aliphatic heterocycles. The van der Waals surface area contributed by atoms with Gasteiger partial charge in [-0.05, 0) is 42.7 Å². The molecule has 2 aromatic heterocycles. The summed E-state index contributed by atoms with van der Waals surface area (Å²) >= 11 is 6.27. The van der Waals surface area contributed by atoms with Crippen LogP contribution in [0.2, 0.25) is 41.4 Å². The van der Waals surface area contributed by atoms with E-state index in [9.17, 15) is 0 Å². The van der Waals surface area contributed by atoms with Crippen LogP contribution in [-0.2, 0) is 8.85 Å². The monoisotopic (exact) mass is 523 g/mol. The van der Waals surface area contributed by atoms with Crippen molar-refractivity contribution in [3.63, 3.8) is 0 Å². The van der Waals surface area contributed by atoms with E-state index in [0.717, 1.165) is 6.42 Å². The van der Waals surface area contributed by atoms with E-state index in [0.29, 0.717) is 17.8 Å². The lowest BCUT2D eigenvalue weighted by Crippen LogP contribution is -2.49. The van der Waals surface area contributed by atoms with E-state index in [1.54, 1.807) is 6.33 Å². The van der Waals surface area contributed by atoms with E-state index in [1.807, 2.05) is 4.57 Å². The molecule has 0 spiro atoms. The van der Waals surface area contributed by atoms with Crippen LogP contribution in [0.25, 0.3) is 11.2 Å². The summed E-state index contributed by atoms with van der Waals surface area (Å²) in [5, 5.41) is 0.555. The number of nitrogens with zero attached hydrogens (tertiary/aromatic N) is 4. The normalized spacial score (nSPS) is 22.5. The second-order valence-corrected chi connectivity index (χ2v) is 22.5. The lowest BCUT2D eigenvalue weighted by molar-refractivity contribution is 0.0807. The Kier molecular flexibility index (Phi) is 7.48. The second kappa shape index (κ2) is 9.31. The summed E-state index contributed by atoms with van der Waals surface area (Å²) in [6, 6.07) is 0.0363. The van der Waals surface area contributed by atoms with Gasteiger partial charge in [0.05, 0.1) is 18.5 Å². The highest BCUT2D eigenvalue weighted by atomic mass is 35.5. The van der Waals surface area contributed by atoms with E-state index in [2.05, 4.69) is 94.8 Å². The average Bonchev–Trinajstić information content (AvgIpc) is 3.09. The van der Waals surface area contributed by atoms with Crippen molar-refractivity contribution in [2.75, 3.05) is 12.3 Å². The summed E-state index contributed by atoms with van der Waals surface area (Å²) in [6.45, 7) is 23.6. The first-order chi connectivity index (χ1) is 15.4. The summed E-state index contributed by atoms with van der Waals surface area (Å²) in [4.78, 5) is 12.9. The zero-order valence-corrected chi connectivity index (χ0v) is 25.2. The molecule has 2 aromatic rings. The van der Waals surface area contributed by atoms with Crippen molar-refractivity contribution in [1.82, 2.24) is 19.5 Å². The smallest absolute Gasteiger partial charge is 0.223 e. The molecule has 0 radical (unpaired) electrons. The molecule has 0 saturated heterocycles. The molecule has 7 nitrogen and oxygen atoms in total. The van der Waals surface area contributed by atoms with Gasteiger partial charge < -0.3 is 19.2 Å². The molecule has 190 valence electrons. The van der Waals surface area contributed by atoms with Gasteiger partial charge in [0.25, 0.3) is 0 Å². The van der Waals surface area contributed by atoms with Crippen molar-refractivity contribution >= 4 is 45.3 Å². The molecule has 1 unspecified atom stereocenters. The standard InChI is InChI=1S/C24H42ClN5O2Si2/c1-23(2,3)33(7,8)31-14-16-11-12-17(13-18(16)32-34(9,10)24(4,5)6)30-15-27-19-20(25)28-22(26)29-21(19)30/h11-12,15-18H,13-14H2,1-10H3,(H2,26,28,29)/t16-,17?,18+/m0/s1. The van der Waals surface area contributed by atoms with Gasteiger partial charge in [-0.3, -0.25) is 0 Å². The summed E-state index contributed by atoms with van der Waals surface area (Å²) in [7, 11) is -3.87. The van der Waals surface area contributed by atoms with Crippen molar-refractivity contribution in [2.24, 2.45) is 5.92 Å². The first kappa shape index (κ1) is 27.3. The summed E-state index contributed by atoms with van der Waals surface area (Å²) in [5.74, 6) is 0.339. The highest BCUT2D eigenvalue weighted by Gasteiger charge is 2.43. The molecule has 2 heterocycles. The number of halogens is 1. The van der Waals surface area contributed by atoms with Crippen LogP contribution >= 0.6 is 11.6 Å². The van der Waals surface area contributed by atoms with Gasteiger partial charge >= 0.3 is 0 Å². The molecule has 10 heteroatoms. The number of fused-ring (bicyclic) bond motifs is 1. The van der Waals surface area contributed by atoms with Crippen LogP contribution in [0, 0.1) is 5.92 Å². The third-order valence-electron chi connectivity index (χ3n) is 7.98. The number of hydrogen-bond donors (Lipinski definition) is 1. The molecule has 0 bridgehead atoms. The quantitative estimate of drug-likeness (QED) is 0.261. The minimum atomic E-state index is -2.00. The fourth-order valence-electron chi connectivity index (χ4n) is 3.61. The molecule has 0 fully saturated rings. The molecule has 0 aromatic carbocycles. The minimum Gasteiger partial charge on any atom is -0.416 e. The zero-order chi connectivity index (χ0) is 25.7. The Bertz CT molecular complexity index is 1060. The summed E-state index contributed by atoms with van der Waals surface area (Å²) < 4.78 is 15.7. The second-order valence-electron chi connectivity index (χ2n) is 12.5. The Labute approximate surface area is 211 Å². The number of imidazole rings is 1. The van der Waals surface area contributed by atoms with Crippen molar-refractivity contribution in [3.05, 3.63) is 23.6 Å². The Hall–Kier alpha value is -1.27. The Morgan fingerprint density at radius 1 is 1.03 bits per heavy atom. The molecule has 34 heavy (non-hydrogen) atoms. The summed E-state index contributed by atoms with van der Waals surface area (Å²) in [5.41, 5.74) is 7.09. The third kappa shape index (κ3) is 5.59. The molecule has 3 rings (SSSR count). The molecule has 3 atom stereocenters. The van der Waals surface area contributed by atoms with Crippen LogP contribution in [0.3, 0.4) is 0 Å². The molecule has 1 aliphatic rings. The minimum absolute atomic E-state index is 0.0350. The molecule has 1 aliphatic carbocycles. The first-order valence-corrected chi connectivity index (χ1v) is 18.3. The van der Waals surface area contributed by atoms with Crippen LogP contribution in [0.1, 0.15) is 54.0 Å². The predicted molar refractivity (Wildman–Crippen MR) is 146 cm³/mol. The Morgan fingerprint density at radius 2 is 1.65 bits per heavy atom. The lowest BCUT2D eigenvalue weighted by atomic mass is 9.90. The third-order valence-corrected chi connectivity index (χ3v) is 17.2. The van der Waals surface area contributed by atoms with Crippen LogP contribution < -0.4 is 5.73 Å². The number of allylic oxidation sites excluding steroid dienone is 1. The summed E-state index contributed by atoms with van der Waals surface area (Å²) in [6.07, 6.45) is 7.10. The number of rotatable bonds is 6. The van der Waals surface area contributed by atoms with Gasteiger partial charge in [-0.15, -0.1) is 0 Å². The van der Waals surface area contributed by atoms with Crippen LogP contribution in [-0.4, -0.2) is 48.9 Å². The highest BCUT2D eigenvalue weighted by molar-refractivity contribution is 6.74. The maximum absolute atomic E-state index is 7.00. The number of nitrogen functional groups attached to an aromatic ring is 1. The van der Waals surface area contributed by atoms with Crippen molar-refractivity contribution in [2.45, 2.75) is 96.4 Å².